The van der Waals surface area contributed by atoms with Gasteiger partial charge in [-0.25, -0.2) is 0 Å². The maximum absolute atomic E-state index is 5.74. The Morgan fingerprint density at radius 3 is 2.93 bits per heavy atom. The van der Waals surface area contributed by atoms with Crippen LogP contribution < -0.4 is 5.32 Å². The lowest BCUT2D eigenvalue weighted by Gasteiger charge is -2.31. The lowest BCUT2D eigenvalue weighted by atomic mass is 10.1. The highest BCUT2D eigenvalue weighted by Gasteiger charge is 2.25. The van der Waals surface area contributed by atoms with E-state index in [0.717, 1.165) is 26.2 Å². The number of rotatable bonds is 7. The number of ether oxygens (including phenoxy) is 3. The summed E-state index contributed by atoms with van der Waals surface area (Å²) in [5.41, 5.74) is 0. The van der Waals surface area contributed by atoms with Gasteiger partial charge in [-0.05, 0) is 19.9 Å². The van der Waals surface area contributed by atoms with Crippen molar-refractivity contribution < 1.29 is 14.2 Å². The molecule has 2 unspecified atom stereocenters. The van der Waals surface area contributed by atoms with Crippen molar-refractivity contribution in [3.8, 4) is 0 Å². The molecule has 0 radical (unpaired) electrons. The first-order valence-corrected chi connectivity index (χ1v) is 5.89. The second-order valence-corrected chi connectivity index (χ2v) is 3.63. The minimum absolute atomic E-state index is 0.180. The summed E-state index contributed by atoms with van der Waals surface area (Å²) in [4.78, 5) is 0. The first-order valence-electron chi connectivity index (χ1n) is 5.89. The van der Waals surface area contributed by atoms with Gasteiger partial charge in [0.2, 0.25) is 0 Å². The summed E-state index contributed by atoms with van der Waals surface area (Å²) in [6, 6.07) is 0.436. The van der Waals surface area contributed by atoms with Crippen LogP contribution in [0.15, 0.2) is 0 Å². The van der Waals surface area contributed by atoms with Gasteiger partial charge in [-0.15, -0.1) is 0 Å². The molecule has 0 aromatic heterocycles. The van der Waals surface area contributed by atoms with E-state index >= 15 is 0 Å². The second-order valence-electron chi connectivity index (χ2n) is 3.63. The lowest BCUT2D eigenvalue weighted by molar-refractivity contribution is -0.0802. The Hall–Kier alpha value is -0.160. The molecule has 1 aliphatic rings. The van der Waals surface area contributed by atoms with Crippen molar-refractivity contribution >= 4 is 0 Å². The molecule has 1 fully saturated rings. The highest BCUT2D eigenvalue weighted by molar-refractivity contribution is 4.79. The molecule has 2 atom stereocenters. The van der Waals surface area contributed by atoms with Crippen molar-refractivity contribution in [2.45, 2.75) is 32.4 Å². The molecular weight excluding hydrogens is 194 g/mol. The molecule has 0 bridgehead atoms. The van der Waals surface area contributed by atoms with Crippen molar-refractivity contribution in [3.63, 3.8) is 0 Å². The van der Waals surface area contributed by atoms with E-state index in [2.05, 4.69) is 12.2 Å². The molecule has 90 valence electrons. The van der Waals surface area contributed by atoms with Crippen LogP contribution in [0, 0.1) is 0 Å². The SMILES string of the molecule is CCNC1CCOCC1OCCOCC. The lowest BCUT2D eigenvalue weighted by Crippen LogP contribution is -2.48. The summed E-state index contributed by atoms with van der Waals surface area (Å²) in [5.74, 6) is 0. The van der Waals surface area contributed by atoms with E-state index in [1.165, 1.54) is 0 Å². The first-order chi connectivity index (χ1) is 7.38. The van der Waals surface area contributed by atoms with Gasteiger partial charge in [0, 0.05) is 19.3 Å². The van der Waals surface area contributed by atoms with E-state index in [0.29, 0.717) is 25.9 Å². The molecule has 0 aliphatic carbocycles. The molecule has 0 aromatic rings. The number of likely N-dealkylation sites (N-methyl/N-ethyl adjacent to an activating group) is 1. The first kappa shape index (κ1) is 12.9. The Balaban J connectivity index is 2.17. The Morgan fingerprint density at radius 2 is 2.20 bits per heavy atom. The monoisotopic (exact) mass is 217 g/mol. The van der Waals surface area contributed by atoms with Crippen molar-refractivity contribution in [2.75, 3.05) is 39.6 Å². The Labute approximate surface area is 92.3 Å². The molecule has 4 heteroatoms. The highest BCUT2D eigenvalue weighted by Crippen LogP contribution is 2.11. The molecule has 4 nitrogen and oxygen atoms in total. The largest absolute Gasteiger partial charge is 0.379 e. The van der Waals surface area contributed by atoms with Crippen LogP contribution >= 0.6 is 0 Å². The van der Waals surface area contributed by atoms with Gasteiger partial charge in [-0.1, -0.05) is 6.92 Å². The van der Waals surface area contributed by atoms with Gasteiger partial charge in [0.25, 0.3) is 0 Å². The van der Waals surface area contributed by atoms with E-state index in [-0.39, 0.29) is 6.10 Å². The summed E-state index contributed by atoms with van der Waals surface area (Å²) >= 11 is 0. The Morgan fingerprint density at radius 1 is 1.33 bits per heavy atom. The normalized spacial score (nSPS) is 26.8. The van der Waals surface area contributed by atoms with Crippen LogP contribution in [0.3, 0.4) is 0 Å². The predicted octanol–water partition coefficient (Wildman–Crippen LogP) is 0.806. The third-order valence-corrected chi connectivity index (χ3v) is 2.53. The van der Waals surface area contributed by atoms with Gasteiger partial charge in [0.05, 0.1) is 25.9 Å². The zero-order valence-corrected chi connectivity index (χ0v) is 9.83. The third kappa shape index (κ3) is 4.93. The van der Waals surface area contributed by atoms with Crippen LogP contribution in [-0.4, -0.2) is 51.7 Å². The number of hydrogen-bond acceptors (Lipinski definition) is 4. The number of nitrogens with one attached hydrogen (secondary N) is 1. The Bertz CT molecular complexity index is 153. The standard InChI is InChI=1S/C11H23NO3/c1-3-12-10-5-6-14-9-11(10)15-8-7-13-4-2/h10-12H,3-9H2,1-2H3. The zero-order valence-electron chi connectivity index (χ0n) is 9.83. The maximum atomic E-state index is 5.74. The van der Waals surface area contributed by atoms with Crippen molar-refractivity contribution in [1.29, 1.82) is 0 Å². The van der Waals surface area contributed by atoms with Gasteiger partial charge < -0.3 is 19.5 Å². The van der Waals surface area contributed by atoms with Crippen LogP contribution in [0.4, 0.5) is 0 Å². The molecule has 15 heavy (non-hydrogen) atoms. The molecule has 1 rings (SSSR count). The van der Waals surface area contributed by atoms with Gasteiger partial charge >= 0.3 is 0 Å². The maximum Gasteiger partial charge on any atom is 0.0962 e. The Kier molecular flexibility index (Phi) is 6.92. The molecule has 1 heterocycles. The van der Waals surface area contributed by atoms with Crippen LogP contribution in [0.1, 0.15) is 20.3 Å². The molecule has 0 amide bonds. The molecule has 0 aromatic carbocycles. The minimum atomic E-state index is 0.180. The molecule has 0 spiro atoms. The average molecular weight is 217 g/mol. The summed E-state index contributed by atoms with van der Waals surface area (Å²) in [5, 5.41) is 3.43. The molecular formula is C11H23NO3. The van der Waals surface area contributed by atoms with E-state index in [1.807, 2.05) is 6.92 Å². The molecule has 1 aliphatic heterocycles. The van der Waals surface area contributed by atoms with Gasteiger partial charge in [-0.2, -0.15) is 0 Å². The van der Waals surface area contributed by atoms with Crippen LogP contribution in [0.5, 0.6) is 0 Å². The van der Waals surface area contributed by atoms with E-state index < -0.39 is 0 Å². The third-order valence-electron chi connectivity index (χ3n) is 2.53. The van der Waals surface area contributed by atoms with E-state index in [4.69, 9.17) is 14.2 Å². The van der Waals surface area contributed by atoms with Gasteiger partial charge in [0.1, 0.15) is 0 Å². The summed E-state index contributed by atoms with van der Waals surface area (Å²) in [7, 11) is 0. The molecule has 1 N–H and O–H groups in total. The predicted molar refractivity (Wildman–Crippen MR) is 59.1 cm³/mol. The van der Waals surface area contributed by atoms with Crippen molar-refractivity contribution in [1.82, 2.24) is 5.32 Å². The zero-order chi connectivity index (χ0) is 10.9. The fraction of sp³-hybridized carbons (Fsp3) is 1.00. The summed E-state index contributed by atoms with van der Waals surface area (Å²) in [6.07, 6.45) is 1.21. The van der Waals surface area contributed by atoms with Crippen LogP contribution in [0.2, 0.25) is 0 Å². The minimum Gasteiger partial charge on any atom is -0.379 e. The van der Waals surface area contributed by atoms with E-state index in [1.54, 1.807) is 0 Å². The molecule has 0 saturated carbocycles. The average Bonchev–Trinajstić information content (AvgIpc) is 2.27. The van der Waals surface area contributed by atoms with Crippen LogP contribution in [0.25, 0.3) is 0 Å². The topological polar surface area (TPSA) is 39.7 Å². The number of hydrogen-bond donors (Lipinski definition) is 1. The summed E-state index contributed by atoms with van der Waals surface area (Å²) < 4.78 is 16.4. The fourth-order valence-electron chi connectivity index (χ4n) is 1.77. The fourth-order valence-corrected chi connectivity index (χ4v) is 1.77. The van der Waals surface area contributed by atoms with Crippen molar-refractivity contribution in [3.05, 3.63) is 0 Å². The van der Waals surface area contributed by atoms with E-state index in [9.17, 15) is 0 Å². The molecule has 1 saturated heterocycles. The van der Waals surface area contributed by atoms with Gasteiger partial charge in [0.15, 0.2) is 0 Å². The highest BCUT2D eigenvalue weighted by atomic mass is 16.6. The van der Waals surface area contributed by atoms with Crippen molar-refractivity contribution in [2.24, 2.45) is 0 Å². The van der Waals surface area contributed by atoms with Gasteiger partial charge in [-0.3, -0.25) is 0 Å². The summed E-state index contributed by atoms with van der Waals surface area (Å²) in [6.45, 7) is 8.71. The quantitative estimate of drug-likeness (QED) is 0.641. The smallest absolute Gasteiger partial charge is 0.0962 e. The second kappa shape index (κ2) is 8.05. The van der Waals surface area contributed by atoms with Crippen LogP contribution in [-0.2, 0) is 14.2 Å².